The van der Waals surface area contributed by atoms with Crippen molar-refractivity contribution >= 4 is 20.0 Å². The first-order valence-electron chi connectivity index (χ1n) is 7.63. The molecule has 0 amide bonds. The van der Waals surface area contributed by atoms with E-state index in [0.29, 0.717) is 29.8 Å². The van der Waals surface area contributed by atoms with E-state index in [1.54, 1.807) is 26.0 Å². The highest BCUT2D eigenvalue weighted by Crippen LogP contribution is 2.25. The summed E-state index contributed by atoms with van der Waals surface area (Å²) in [7, 11) is -5.54. The zero-order valence-corrected chi connectivity index (χ0v) is 16.4. The summed E-state index contributed by atoms with van der Waals surface area (Å²) in [6, 6.07) is 3.22. The van der Waals surface area contributed by atoms with Gasteiger partial charge in [-0.1, -0.05) is 6.92 Å². The molecule has 0 aliphatic carbocycles. The average Bonchev–Trinajstić information content (AvgIpc) is 2.47. The molecule has 0 bridgehead atoms. The Labute approximate surface area is 145 Å². The Morgan fingerprint density at radius 1 is 1.08 bits per heavy atom. The van der Waals surface area contributed by atoms with Crippen LogP contribution in [0.1, 0.15) is 24.5 Å². The van der Waals surface area contributed by atoms with Crippen molar-refractivity contribution < 1.29 is 21.6 Å². The van der Waals surface area contributed by atoms with Gasteiger partial charge in [0.05, 0.1) is 18.3 Å². The lowest BCUT2D eigenvalue weighted by molar-refractivity contribution is 0.410. The molecule has 0 fully saturated rings. The third kappa shape index (κ3) is 5.44. The summed E-state index contributed by atoms with van der Waals surface area (Å²) in [5.74, 6) is 0.623. The summed E-state index contributed by atoms with van der Waals surface area (Å²) < 4.78 is 57.2. The molecule has 1 N–H and O–H groups in total. The fourth-order valence-electron chi connectivity index (χ4n) is 2.35. The monoisotopic (exact) mass is 378 g/mol. The standard InChI is InChI=1S/C15H26N2O5S2/c1-6-8-17(23(5,18)19)9-7-16-24(20,21)15-11-12(2)14(22-4)10-13(15)3/h10-11,16H,6-9H2,1-5H3. The molecule has 1 aromatic rings. The summed E-state index contributed by atoms with van der Waals surface area (Å²) in [6.45, 7) is 5.80. The summed E-state index contributed by atoms with van der Waals surface area (Å²) in [6.07, 6.45) is 1.78. The second kappa shape index (κ2) is 8.28. The first-order chi connectivity index (χ1) is 11.0. The van der Waals surface area contributed by atoms with Crippen LogP contribution in [0.15, 0.2) is 17.0 Å². The van der Waals surface area contributed by atoms with Gasteiger partial charge in [0.15, 0.2) is 0 Å². The van der Waals surface area contributed by atoms with E-state index in [9.17, 15) is 16.8 Å². The van der Waals surface area contributed by atoms with Gasteiger partial charge in [0.25, 0.3) is 0 Å². The van der Waals surface area contributed by atoms with E-state index in [-0.39, 0.29) is 18.0 Å². The number of nitrogens with one attached hydrogen (secondary N) is 1. The summed E-state index contributed by atoms with van der Waals surface area (Å²) in [5.41, 5.74) is 1.28. The molecule has 0 atom stereocenters. The third-order valence-electron chi connectivity index (χ3n) is 3.58. The molecule has 0 unspecified atom stereocenters. The molecule has 7 nitrogen and oxygen atoms in total. The maximum absolute atomic E-state index is 12.5. The van der Waals surface area contributed by atoms with Gasteiger partial charge in [-0.05, 0) is 43.5 Å². The molecule has 0 saturated heterocycles. The van der Waals surface area contributed by atoms with Crippen LogP contribution < -0.4 is 9.46 Å². The largest absolute Gasteiger partial charge is 0.496 e. The SMILES string of the molecule is CCCN(CCNS(=O)(=O)c1cc(C)c(OC)cc1C)S(C)(=O)=O. The van der Waals surface area contributed by atoms with E-state index in [2.05, 4.69) is 4.72 Å². The molecular formula is C15H26N2O5S2. The maximum Gasteiger partial charge on any atom is 0.240 e. The molecule has 24 heavy (non-hydrogen) atoms. The molecule has 1 aromatic carbocycles. The second-order valence-corrected chi connectivity index (χ2v) is 9.36. The Morgan fingerprint density at radius 2 is 1.71 bits per heavy atom. The molecule has 9 heteroatoms. The summed E-state index contributed by atoms with van der Waals surface area (Å²) >= 11 is 0. The number of sulfonamides is 2. The number of nitrogens with zero attached hydrogens (tertiary/aromatic N) is 1. The highest BCUT2D eigenvalue weighted by molar-refractivity contribution is 7.89. The van der Waals surface area contributed by atoms with Crippen LogP contribution >= 0.6 is 0 Å². The van der Waals surface area contributed by atoms with Crippen LogP contribution in [0.25, 0.3) is 0 Å². The van der Waals surface area contributed by atoms with Crippen molar-refractivity contribution in [2.45, 2.75) is 32.1 Å². The minimum atomic E-state index is -3.72. The fourth-order valence-corrected chi connectivity index (χ4v) is 4.62. The molecule has 0 radical (unpaired) electrons. The molecule has 138 valence electrons. The molecule has 0 heterocycles. The van der Waals surface area contributed by atoms with Gasteiger partial charge >= 0.3 is 0 Å². The number of benzene rings is 1. The number of hydrogen-bond donors (Lipinski definition) is 1. The normalized spacial score (nSPS) is 12.6. The van der Waals surface area contributed by atoms with Gasteiger partial charge in [0, 0.05) is 19.6 Å². The number of rotatable bonds is 9. The average molecular weight is 379 g/mol. The van der Waals surface area contributed by atoms with E-state index < -0.39 is 20.0 Å². The highest BCUT2D eigenvalue weighted by Gasteiger charge is 2.20. The fraction of sp³-hybridized carbons (Fsp3) is 0.600. The van der Waals surface area contributed by atoms with Gasteiger partial charge < -0.3 is 4.74 Å². The summed E-state index contributed by atoms with van der Waals surface area (Å²) in [4.78, 5) is 0.169. The van der Waals surface area contributed by atoms with Gasteiger partial charge in [-0.2, -0.15) is 0 Å². The zero-order valence-electron chi connectivity index (χ0n) is 14.8. The van der Waals surface area contributed by atoms with Crippen molar-refractivity contribution in [3.63, 3.8) is 0 Å². The molecular weight excluding hydrogens is 352 g/mol. The number of ether oxygens (including phenoxy) is 1. The van der Waals surface area contributed by atoms with Crippen LogP contribution in [-0.2, 0) is 20.0 Å². The number of hydrogen-bond acceptors (Lipinski definition) is 5. The van der Waals surface area contributed by atoms with Gasteiger partial charge in [0.2, 0.25) is 20.0 Å². The Kier molecular flexibility index (Phi) is 7.21. The Hall–Kier alpha value is -1.16. The molecule has 0 aliphatic rings. The van der Waals surface area contributed by atoms with Gasteiger partial charge in [-0.25, -0.2) is 25.9 Å². The molecule has 0 spiro atoms. The molecule has 0 saturated carbocycles. The maximum atomic E-state index is 12.5. The first-order valence-corrected chi connectivity index (χ1v) is 11.0. The Morgan fingerprint density at radius 3 is 2.21 bits per heavy atom. The Balaban J connectivity index is 2.90. The van der Waals surface area contributed by atoms with Crippen LogP contribution in [0.3, 0.4) is 0 Å². The zero-order chi connectivity index (χ0) is 18.5. The van der Waals surface area contributed by atoms with E-state index in [1.165, 1.54) is 11.4 Å². The lowest BCUT2D eigenvalue weighted by atomic mass is 10.1. The highest BCUT2D eigenvalue weighted by atomic mass is 32.2. The minimum Gasteiger partial charge on any atom is -0.496 e. The lowest BCUT2D eigenvalue weighted by Crippen LogP contribution is -2.38. The molecule has 0 aliphatic heterocycles. The van der Waals surface area contributed by atoms with E-state index in [4.69, 9.17) is 4.74 Å². The predicted octanol–water partition coefficient (Wildman–Crippen LogP) is 1.26. The van der Waals surface area contributed by atoms with Crippen LogP contribution in [0, 0.1) is 13.8 Å². The van der Waals surface area contributed by atoms with Crippen LogP contribution in [-0.4, -0.2) is 54.1 Å². The number of aryl methyl sites for hydroxylation is 2. The van der Waals surface area contributed by atoms with E-state index >= 15 is 0 Å². The van der Waals surface area contributed by atoms with Crippen molar-refractivity contribution in [1.82, 2.24) is 9.03 Å². The quantitative estimate of drug-likeness (QED) is 0.698. The van der Waals surface area contributed by atoms with Crippen molar-refractivity contribution in [2.24, 2.45) is 0 Å². The lowest BCUT2D eigenvalue weighted by Gasteiger charge is -2.19. The van der Waals surface area contributed by atoms with Crippen molar-refractivity contribution in [3.05, 3.63) is 23.3 Å². The van der Waals surface area contributed by atoms with Gasteiger partial charge in [-0.15, -0.1) is 0 Å². The second-order valence-electron chi connectivity index (χ2n) is 5.65. The van der Waals surface area contributed by atoms with Crippen molar-refractivity contribution in [1.29, 1.82) is 0 Å². The third-order valence-corrected chi connectivity index (χ3v) is 6.48. The molecule has 1 rings (SSSR count). The van der Waals surface area contributed by atoms with Crippen molar-refractivity contribution in [3.8, 4) is 5.75 Å². The van der Waals surface area contributed by atoms with Crippen LogP contribution in [0.5, 0.6) is 5.75 Å². The first kappa shape index (κ1) is 20.9. The van der Waals surface area contributed by atoms with Crippen LogP contribution in [0.2, 0.25) is 0 Å². The smallest absolute Gasteiger partial charge is 0.240 e. The predicted molar refractivity (Wildman–Crippen MR) is 94.4 cm³/mol. The number of methoxy groups -OCH3 is 1. The topological polar surface area (TPSA) is 92.8 Å². The summed E-state index contributed by atoms with van der Waals surface area (Å²) in [5, 5.41) is 0. The van der Waals surface area contributed by atoms with Crippen molar-refractivity contribution in [2.75, 3.05) is 33.0 Å². The van der Waals surface area contributed by atoms with E-state index in [1.807, 2.05) is 6.92 Å². The van der Waals surface area contributed by atoms with Crippen LogP contribution in [0.4, 0.5) is 0 Å². The molecule has 0 aromatic heterocycles. The van der Waals surface area contributed by atoms with E-state index in [0.717, 1.165) is 6.26 Å². The van der Waals surface area contributed by atoms with Gasteiger partial charge in [-0.3, -0.25) is 0 Å². The Bertz CT molecular complexity index is 773. The van der Waals surface area contributed by atoms with Gasteiger partial charge in [0.1, 0.15) is 5.75 Å². The minimum absolute atomic E-state index is 0.0138.